The van der Waals surface area contributed by atoms with Gasteiger partial charge in [0.15, 0.2) is 10.8 Å². The Balaban J connectivity index is 0.00000126. The number of allylic oxidation sites excluding steroid dienone is 2. The van der Waals surface area contributed by atoms with Crippen molar-refractivity contribution in [1.29, 1.82) is 0 Å². The average molecular weight is 461 g/mol. The van der Waals surface area contributed by atoms with Gasteiger partial charge < -0.3 is 4.98 Å². The second-order valence-electron chi connectivity index (χ2n) is 7.24. The highest BCUT2D eigenvalue weighted by molar-refractivity contribution is 7.11. The maximum Gasteiger partial charge on any atom is 0.181 e. The zero-order valence-electron chi connectivity index (χ0n) is 19.0. The second kappa shape index (κ2) is 9.38. The molecule has 0 fully saturated rings. The van der Waals surface area contributed by atoms with Crippen LogP contribution in [0.25, 0.3) is 39.1 Å². The molecule has 2 N–H and O–H groups in total. The molecule has 0 aromatic carbocycles. The third kappa shape index (κ3) is 4.29. The number of thiophene rings is 1. The summed E-state index contributed by atoms with van der Waals surface area (Å²) in [6.07, 6.45) is 9.18. The molecule has 168 valence electrons. The Bertz CT molecular complexity index is 1450. The van der Waals surface area contributed by atoms with Crippen molar-refractivity contribution in [1.82, 2.24) is 29.9 Å². The van der Waals surface area contributed by atoms with Crippen LogP contribution in [0.5, 0.6) is 0 Å². The first-order valence-electron chi connectivity index (χ1n) is 10.7. The topological polar surface area (TPSA) is 75.2 Å². The summed E-state index contributed by atoms with van der Waals surface area (Å²) >= 11 is 1.12. The summed E-state index contributed by atoms with van der Waals surface area (Å²) in [4.78, 5) is 8.79. The number of aryl methyl sites for hydroxylation is 2. The molecular formula is C25H25FN6S. The number of pyridine rings is 1. The van der Waals surface area contributed by atoms with E-state index < -0.39 is 0 Å². The summed E-state index contributed by atoms with van der Waals surface area (Å²) in [5.41, 5.74) is 7.19. The quantitative estimate of drug-likeness (QED) is 0.294. The number of H-pyrrole nitrogens is 2. The smallest absolute Gasteiger partial charge is 0.181 e. The molecule has 8 heteroatoms. The normalized spacial score (nSPS) is 11.5. The van der Waals surface area contributed by atoms with Crippen LogP contribution in [0.1, 0.15) is 30.0 Å². The highest BCUT2D eigenvalue weighted by Crippen LogP contribution is 2.35. The van der Waals surface area contributed by atoms with Crippen LogP contribution in [0.15, 0.2) is 61.6 Å². The first kappa shape index (κ1) is 22.4. The highest BCUT2D eigenvalue weighted by Gasteiger charge is 2.17. The van der Waals surface area contributed by atoms with Crippen LogP contribution in [-0.2, 0) is 7.05 Å². The minimum atomic E-state index is -0.216. The van der Waals surface area contributed by atoms with Crippen LogP contribution < -0.4 is 0 Å². The highest BCUT2D eigenvalue weighted by atomic mass is 32.1. The Morgan fingerprint density at radius 1 is 1.18 bits per heavy atom. The lowest BCUT2D eigenvalue weighted by atomic mass is 10.0. The van der Waals surface area contributed by atoms with Gasteiger partial charge in [0.25, 0.3) is 0 Å². The van der Waals surface area contributed by atoms with Crippen molar-refractivity contribution in [2.45, 2.75) is 20.8 Å². The molecule has 0 aliphatic rings. The van der Waals surface area contributed by atoms with Gasteiger partial charge in [0.05, 0.1) is 17.6 Å². The second-order valence-corrected chi connectivity index (χ2v) is 8.27. The van der Waals surface area contributed by atoms with Crippen molar-refractivity contribution in [2.24, 2.45) is 7.05 Å². The number of aromatic nitrogens is 6. The van der Waals surface area contributed by atoms with Gasteiger partial charge in [-0.05, 0) is 31.2 Å². The van der Waals surface area contributed by atoms with Crippen molar-refractivity contribution in [3.05, 3.63) is 82.9 Å². The molecule has 0 atom stereocenters. The number of hydrogen-bond acceptors (Lipinski definition) is 4. The Kier molecular flexibility index (Phi) is 6.37. The van der Waals surface area contributed by atoms with Crippen LogP contribution >= 0.6 is 11.3 Å². The summed E-state index contributed by atoms with van der Waals surface area (Å²) in [5.74, 6) is 0. The van der Waals surface area contributed by atoms with Crippen molar-refractivity contribution < 1.29 is 4.39 Å². The first-order valence-corrected chi connectivity index (χ1v) is 11.5. The zero-order valence-corrected chi connectivity index (χ0v) is 19.8. The largest absolute Gasteiger partial charge is 0.357 e. The Morgan fingerprint density at radius 2 is 2.00 bits per heavy atom. The zero-order chi connectivity index (χ0) is 23.5. The molecule has 0 spiro atoms. The molecule has 0 aliphatic carbocycles. The predicted molar refractivity (Wildman–Crippen MR) is 134 cm³/mol. The number of hydrogen-bond donors (Lipinski definition) is 2. The molecule has 0 amide bonds. The van der Waals surface area contributed by atoms with Crippen LogP contribution in [0.4, 0.5) is 4.39 Å². The van der Waals surface area contributed by atoms with Crippen molar-refractivity contribution in [2.75, 3.05) is 0 Å². The van der Waals surface area contributed by atoms with Crippen molar-refractivity contribution >= 4 is 27.9 Å². The number of nitrogens with zero attached hydrogens (tertiary/aromatic N) is 4. The van der Waals surface area contributed by atoms with Gasteiger partial charge in [-0.2, -0.15) is 14.6 Å². The number of rotatable bonds is 5. The third-order valence-electron chi connectivity index (χ3n) is 5.15. The fourth-order valence-corrected chi connectivity index (χ4v) is 4.46. The molecule has 6 nitrogen and oxygen atoms in total. The van der Waals surface area contributed by atoms with E-state index in [0.717, 1.165) is 60.9 Å². The summed E-state index contributed by atoms with van der Waals surface area (Å²) in [6, 6.07) is 7.38. The number of aromatic amines is 2. The maximum atomic E-state index is 13.7. The SMILES string of the molecule is C=C/C=C(/c1ccc(F)s1)c1cc(-c2[nH]nc3ncc(-c4cnn(C)c4)cc23)[nH]c1C.CC. The molecule has 0 bridgehead atoms. The van der Waals surface area contributed by atoms with E-state index in [1.54, 1.807) is 23.0 Å². The third-order valence-corrected chi connectivity index (χ3v) is 6.05. The van der Waals surface area contributed by atoms with Crippen LogP contribution in [0.2, 0.25) is 0 Å². The standard InChI is InChI=1S/C23H19FN6S.C2H6/c1-4-5-16(20-6-7-21(24)31-20)17-9-19(27-13(17)2)22-18-8-14(10-25-23(18)29-28-22)15-11-26-30(3)12-15;1-2/h4-12,27H,1H2,2-3H3,(H,25,28,29);1-2H3/b16-5+;. The van der Waals surface area contributed by atoms with Gasteiger partial charge >= 0.3 is 0 Å². The minimum Gasteiger partial charge on any atom is -0.357 e. The Morgan fingerprint density at radius 3 is 2.67 bits per heavy atom. The lowest BCUT2D eigenvalue weighted by Crippen LogP contribution is -1.85. The molecule has 5 heterocycles. The van der Waals surface area contributed by atoms with E-state index in [9.17, 15) is 4.39 Å². The van der Waals surface area contributed by atoms with Gasteiger partial charge in [-0.25, -0.2) is 4.98 Å². The molecule has 5 rings (SSSR count). The molecule has 0 unspecified atom stereocenters. The van der Waals surface area contributed by atoms with Crippen LogP contribution in [0, 0.1) is 12.1 Å². The van der Waals surface area contributed by atoms with E-state index >= 15 is 0 Å². The van der Waals surface area contributed by atoms with Gasteiger partial charge in [-0.3, -0.25) is 9.78 Å². The average Bonchev–Trinajstić information content (AvgIpc) is 3.60. The first-order chi connectivity index (χ1) is 16.0. The fraction of sp³-hybridized carbons (Fsp3) is 0.160. The van der Waals surface area contributed by atoms with Crippen LogP contribution in [0.3, 0.4) is 0 Å². The predicted octanol–water partition coefficient (Wildman–Crippen LogP) is 6.51. The molecule has 0 radical (unpaired) electrons. The number of fused-ring (bicyclic) bond motifs is 1. The number of nitrogens with one attached hydrogen (secondary N) is 2. The van der Waals surface area contributed by atoms with E-state index in [1.807, 2.05) is 52.4 Å². The molecule has 0 saturated heterocycles. The van der Waals surface area contributed by atoms with Gasteiger partial charge in [0.1, 0.15) is 0 Å². The summed E-state index contributed by atoms with van der Waals surface area (Å²) in [7, 11) is 1.88. The molecule has 5 aromatic heterocycles. The molecule has 0 aliphatic heterocycles. The fourth-order valence-electron chi connectivity index (χ4n) is 3.69. The van der Waals surface area contributed by atoms with Crippen LogP contribution in [-0.4, -0.2) is 29.9 Å². The van der Waals surface area contributed by atoms with Gasteiger partial charge in [0, 0.05) is 57.7 Å². The lowest BCUT2D eigenvalue weighted by Gasteiger charge is -2.03. The Labute approximate surface area is 195 Å². The molecule has 0 saturated carbocycles. The summed E-state index contributed by atoms with van der Waals surface area (Å²) in [6.45, 7) is 9.82. The number of halogens is 1. The summed E-state index contributed by atoms with van der Waals surface area (Å²) in [5, 5.41) is 12.4. The molecular weight excluding hydrogens is 435 g/mol. The van der Waals surface area contributed by atoms with Crippen molar-refractivity contribution in [3.63, 3.8) is 0 Å². The van der Waals surface area contributed by atoms with E-state index in [4.69, 9.17) is 0 Å². The van der Waals surface area contributed by atoms with E-state index in [-0.39, 0.29) is 5.13 Å². The summed E-state index contributed by atoms with van der Waals surface area (Å²) < 4.78 is 15.4. The van der Waals surface area contributed by atoms with Gasteiger partial charge in [-0.1, -0.05) is 32.6 Å². The van der Waals surface area contributed by atoms with Gasteiger partial charge in [0.2, 0.25) is 0 Å². The molecule has 5 aromatic rings. The van der Waals surface area contributed by atoms with E-state index in [0.29, 0.717) is 5.65 Å². The maximum absolute atomic E-state index is 13.7. The van der Waals surface area contributed by atoms with E-state index in [1.165, 1.54) is 6.07 Å². The minimum absolute atomic E-state index is 0.216. The van der Waals surface area contributed by atoms with Gasteiger partial charge in [-0.15, -0.1) is 11.3 Å². The monoisotopic (exact) mass is 460 g/mol. The van der Waals surface area contributed by atoms with Crippen molar-refractivity contribution in [3.8, 4) is 22.5 Å². The Hall–Kier alpha value is -3.78. The van der Waals surface area contributed by atoms with E-state index in [2.05, 4.69) is 37.9 Å². The molecule has 33 heavy (non-hydrogen) atoms. The lowest BCUT2D eigenvalue weighted by molar-refractivity contribution is 0.657.